The van der Waals surface area contributed by atoms with Crippen molar-refractivity contribution in [2.24, 2.45) is 13.0 Å². The molecule has 1 unspecified atom stereocenters. The fourth-order valence-electron chi connectivity index (χ4n) is 2.52. The number of carbonyl (C=O) groups excluding carboxylic acids is 1. The highest BCUT2D eigenvalue weighted by Gasteiger charge is 2.22. The van der Waals surface area contributed by atoms with Gasteiger partial charge in [0.2, 0.25) is 0 Å². The maximum absolute atomic E-state index is 12.3. The van der Waals surface area contributed by atoms with Crippen LogP contribution in [0, 0.1) is 5.92 Å². The minimum atomic E-state index is -0.133. The highest BCUT2D eigenvalue weighted by atomic mass is 16.2. The van der Waals surface area contributed by atoms with Gasteiger partial charge in [-0.3, -0.25) is 9.48 Å². The van der Waals surface area contributed by atoms with Crippen LogP contribution in [0.15, 0.2) is 0 Å². The van der Waals surface area contributed by atoms with E-state index in [9.17, 15) is 4.79 Å². The average Bonchev–Trinajstić information content (AvgIpc) is 2.65. The Labute approximate surface area is 115 Å². The smallest absolute Gasteiger partial charge is 0.271 e. The number of hydrogen-bond donors (Lipinski definition) is 2. The van der Waals surface area contributed by atoms with Gasteiger partial charge >= 0.3 is 0 Å². The maximum atomic E-state index is 12.3. The first-order valence-corrected chi connectivity index (χ1v) is 7.08. The Morgan fingerprint density at radius 2 is 1.95 bits per heavy atom. The van der Waals surface area contributed by atoms with Crippen LogP contribution in [0.2, 0.25) is 0 Å². The fraction of sp³-hybridized carbons (Fsp3) is 0.714. The minimum absolute atomic E-state index is 0.133. The molecule has 3 N–H and O–H groups in total. The van der Waals surface area contributed by atoms with Gasteiger partial charge in [0.05, 0.1) is 11.4 Å². The van der Waals surface area contributed by atoms with Gasteiger partial charge in [0.1, 0.15) is 5.69 Å². The molecule has 1 amide bonds. The molecule has 0 fully saturated rings. The number of aromatic nitrogens is 2. The number of rotatable bonds is 6. The van der Waals surface area contributed by atoms with Crippen LogP contribution in [0.4, 0.5) is 5.69 Å². The minimum Gasteiger partial charge on any atom is -0.395 e. The number of aryl methyl sites for hydroxylation is 2. The first kappa shape index (κ1) is 15.5. The number of anilines is 1. The molecule has 1 heterocycles. The van der Waals surface area contributed by atoms with Crippen LogP contribution in [0.25, 0.3) is 0 Å². The molecule has 0 aliphatic rings. The molecule has 0 saturated carbocycles. The van der Waals surface area contributed by atoms with Crippen LogP contribution in [0.5, 0.6) is 0 Å². The predicted molar refractivity (Wildman–Crippen MR) is 78.0 cm³/mol. The summed E-state index contributed by atoms with van der Waals surface area (Å²) in [5.41, 5.74) is 7.74. The summed E-state index contributed by atoms with van der Waals surface area (Å²) in [7, 11) is 1.76. The lowest BCUT2D eigenvalue weighted by Crippen LogP contribution is -2.38. The lowest BCUT2D eigenvalue weighted by Gasteiger charge is -2.22. The van der Waals surface area contributed by atoms with Crippen molar-refractivity contribution in [2.45, 2.75) is 53.0 Å². The molecule has 0 radical (unpaired) electrons. The molecule has 5 heteroatoms. The molecule has 5 nitrogen and oxygen atoms in total. The van der Waals surface area contributed by atoms with Crippen LogP contribution < -0.4 is 11.1 Å². The van der Waals surface area contributed by atoms with Crippen molar-refractivity contribution in [3.63, 3.8) is 0 Å². The van der Waals surface area contributed by atoms with Gasteiger partial charge in [0, 0.05) is 13.1 Å². The van der Waals surface area contributed by atoms with E-state index in [0.717, 1.165) is 25.0 Å². The molecule has 1 atom stereocenters. The Hall–Kier alpha value is -1.52. The molecule has 0 spiro atoms. The van der Waals surface area contributed by atoms with Gasteiger partial charge in [0.15, 0.2) is 0 Å². The lowest BCUT2D eigenvalue weighted by molar-refractivity contribution is 0.0916. The first-order valence-electron chi connectivity index (χ1n) is 7.08. The summed E-state index contributed by atoms with van der Waals surface area (Å²) in [6.07, 6.45) is 2.84. The molecule has 0 aromatic carbocycles. The van der Waals surface area contributed by atoms with E-state index in [1.165, 1.54) is 0 Å². The van der Waals surface area contributed by atoms with Gasteiger partial charge in [-0.25, -0.2) is 0 Å². The third-order valence-electron chi connectivity index (χ3n) is 3.82. The fourth-order valence-corrected chi connectivity index (χ4v) is 2.52. The van der Waals surface area contributed by atoms with Crippen molar-refractivity contribution in [3.05, 3.63) is 11.4 Å². The topological polar surface area (TPSA) is 72.9 Å². The zero-order chi connectivity index (χ0) is 14.6. The summed E-state index contributed by atoms with van der Waals surface area (Å²) in [5.74, 6) is 0.357. The lowest BCUT2D eigenvalue weighted by atomic mass is 9.95. The normalized spacial score (nSPS) is 12.7. The number of nitrogens with two attached hydrogens (primary N) is 1. The summed E-state index contributed by atoms with van der Waals surface area (Å²) < 4.78 is 1.57. The predicted octanol–water partition coefficient (Wildman–Crippen LogP) is 2.12. The quantitative estimate of drug-likeness (QED) is 0.828. The molecule has 0 saturated heterocycles. The highest BCUT2D eigenvalue weighted by molar-refractivity contribution is 5.98. The molecule has 19 heavy (non-hydrogen) atoms. The summed E-state index contributed by atoms with van der Waals surface area (Å²) in [5, 5.41) is 7.31. The van der Waals surface area contributed by atoms with Gasteiger partial charge in [-0.1, -0.05) is 33.6 Å². The van der Waals surface area contributed by atoms with Crippen LogP contribution in [-0.4, -0.2) is 21.7 Å². The molecule has 108 valence electrons. The van der Waals surface area contributed by atoms with E-state index in [1.807, 2.05) is 13.8 Å². The summed E-state index contributed by atoms with van der Waals surface area (Å²) in [6, 6.07) is 0.141. The number of nitrogens with zero attached hydrogens (tertiary/aromatic N) is 2. The van der Waals surface area contributed by atoms with Crippen molar-refractivity contribution >= 4 is 11.6 Å². The van der Waals surface area contributed by atoms with E-state index in [2.05, 4.69) is 24.3 Å². The first-order chi connectivity index (χ1) is 8.96. The van der Waals surface area contributed by atoms with Crippen LogP contribution >= 0.6 is 0 Å². The Kier molecular flexibility index (Phi) is 5.39. The van der Waals surface area contributed by atoms with E-state index < -0.39 is 0 Å². The number of nitrogen functional groups attached to an aromatic ring is 1. The van der Waals surface area contributed by atoms with E-state index >= 15 is 0 Å². The summed E-state index contributed by atoms with van der Waals surface area (Å²) in [6.45, 7) is 8.31. The van der Waals surface area contributed by atoms with Crippen molar-refractivity contribution < 1.29 is 4.79 Å². The molecule has 1 aromatic heterocycles. The second kappa shape index (κ2) is 6.59. The Bertz CT molecular complexity index is 435. The van der Waals surface area contributed by atoms with Gasteiger partial charge in [-0.2, -0.15) is 5.10 Å². The number of hydrogen-bond acceptors (Lipinski definition) is 3. The molecule has 0 aliphatic carbocycles. The van der Waals surface area contributed by atoms with Crippen molar-refractivity contribution in [2.75, 3.05) is 5.73 Å². The van der Waals surface area contributed by atoms with Crippen LogP contribution in [0.1, 0.15) is 56.7 Å². The highest BCUT2D eigenvalue weighted by Crippen LogP contribution is 2.18. The van der Waals surface area contributed by atoms with Gasteiger partial charge < -0.3 is 11.1 Å². The zero-order valence-corrected chi connectivity index (χ0v) is 12.7. The second-order valence-electron chi connectivity index (χ2n) is 5.02. The molecule has 0 aliphatic heterocycles. The van der Waals surface area contributed by atoms with E-state index in [0.29, 0.717) is 17.3 Å². The molecule has 1 aromatic rings. The van der Waals surface area contributed by atoms with E-state index in [-0.39, 0.29) is 11.9 Å². The average molecular weight is 266 g/mol. The third kappa shape index (κ3) is 3.28. The van der Waals surface area contributed by atoms with Crippen LogP contribution in [0.3, 0.4) is 0 Å². The maximum Gasteiger partial charge on any atom is 0.271 e. The summed E-state index contributed by atoms with van der Waals surface area (Å²) >= 11 is 0. The SMILES string of the molecule is CCc1nn(C)c(C(=O)NC(C)C(CC)CC)c1N. The number of amides is 1. The second-order valence-corrected chi connectivity index (χ2v) is 5.02. The Balaban J connectivity index is 2.87. The molecular formula is C14H26N4O. The molecule has 1 rings (SSSR count). The molecular weight excluding hydrogens is 240 g/mol. The van der Waals surface area contributed by atoms with Crippen molar-refractivity contribution in [1.82, 2.24) is 15.1 Å². The standard InChI is InChI=1S/C14H26N4O/c1-6-10(7-2)9(4)16-14(19)13-12(15)11(8-3)17-18(13)5/h9-10H,6-8,15H2,1-5H3,(H,16,19). The number of nitrogens with one attached hydrogen (secondary N) is 1. The van der Waals surface area contributed by atoms with Gasteiger partial charge in [-0.15, -0.1) is 0 Å². The zero-order valence-electron chi connectivity index (χ0n) is 12.7. The monoisotopic (exact) mass is 266 g/mol. The van der Waals surface area contributed by atoms with E-state index in [4.69, 9.17) is 5.73 Å². The molecule has 0 bridgehead atoms. The van der Waals surface area contributed by atoms with Crippen molar-refractivity contribution in [3.8, 4) is 0 Å². The van der Waals surface area contributed by atoms with E-state index in [1.54, 1.807) is 11.7 Å². The number of carbonyl (C=O) groups is 1. The van der Waals surface area contributed by atoms with Crippen molar-refractivity contribution in [1.29, 1.82) is 0 Å². The third-order valence-corrected chi connectivity index (χ3v) is 3.82. The largest absolute Gasteiger partial charge is 0.395 e. The van der Waals surface area contributed by atoms with Gasteiger partial charge in [0.25, 0.3) is 5.91 Å². The summed E-state index contributed by atoms with van der Waals surface area (Å²) in [4.78, 5) is 12.3. The Morgan fingerprint density at radius 1 is 1.37 bits per heavy atom. The Morgan fingerprint density at radius 3 is 2.37 bits per heavy atom. The van der Waals surface area contributed by atoms with Gasteiger partial charge in [-0.05, 0) is 19.3 Å². The van der Waals surface area contributed by atoms with Crippen LogP contribution in [-0.2, 0) is 13.5 Å².